The molecule has 0 aliphatic carbocycles. The molecule has 8 heteroatoms. The minimum atomic E-state index is -2.65. The lowest BCUT2D eigenvalue weighted by atomic mass is 10.1. The zero-order valence-corrected chi connectivity index (χ0v) is 16.7. The van der Waals surface area contributed by atoms with Gasteiger partial charge in [0.2, 0.25) is 0 Å². The van der Waals surface area contributed by atoms with E-state index in [1.54, 1.807) is 18.3 Å². The Hall–Kier alpha value is -2.87. The van der Waals surface area contributed by atoms with Gasteiger partial charge in [-0.15, -0.1) is 0 Å². The summed E-state index contributed by atoms with van der Waals surface area (Å²) in [5.41, 5.74) is 3.87. The Morgan fingerprint density at radius 3 is 2.77 bits per heavy atom. The molecule has 3 heterocycles. The van der Waals surface area contributed by atoms with Gasteiger partial charge in [-0.05, 0) is 31.2 Å². The molecule has 5 nitrogen and oxygen atoms in total. The van der Waals surface area contributed by atoms with E-state index in [2.05, 4.69) is 4.98 Å². The van der Waals surface area contributed by atoms with Gasteiger partial charge in [-0.1, -0.05) is 6.07 Å². The first-order valence-corrected chi connectivity index (χ1v) is 9.68. The van der Waals surface area contributed by atoms with Gasteiger partial charge in [0.05, 0.1) is 31.5 Å². The number of imidazole rings is 1. The van der Waals surface area contributed by atoms with Crippen LogP contribution in [0.3, 0.4) is 0 Å². The molecule has 3 aromatic rings. The summed E-state index contributed by atoms with van der Waals surface area (Å²) < 4.78 is 52.7. The summed E-state index contributed by atoms with van der Waals surface area (Å²) in [4.78, 5) is 9.09. The number of rotatable bonds is 5. The van der Waals surface area contributed by atoms with Crippen molar-refractivity contribution >= 4 is 0 Å². The largest absolute Gasteiger partial charge is 0.496 e. The molecule has 0 bridgehead atoms. The van der Waals surface area contributed by atoms with Crippen LogP contribution in [0.4, 0.5) is 13.2 Å². The number of fused-ring (bicyclic) bond motifs is 1. The summed E-state index contributed by atoms with van der Waals surface area (Å²) in [5, 5.41) is 0. The zero-order valence-electron chi connectivity index (χ0n) is 16.7. The third-order valence-corrected chi connectivity index (χ3v) is 5.22. The van der Waals surface area contributed by atoms with Gasteiger partial charge in [0, 0.05) is 35.1 Å². The number of aryl methyl sites for hydroxylation is 1. The average Bonchev–Trinajstić information content (AvgIpc) is 2.96. The molecule has 1 atom stereocenters. The fourth-order valence-electron chi connectivity index (χ4n) is 3.78. The van der Waals surface area contributed by atoms with Crippen molar-refractivity contribution in [2.45, 2.75) is 32.4 Å². The Labute approximate surface area is 172 Å². The second-order valence-corrected chi connectivity index (χ2v) is 7.18. The Morgan fingerprint density at radius 2 is 2.07 bits per heavy atom. The van der Waals surface area contributed by atoms with Gasteiger partial charge >= 0.3 is 0 Å². The van der Waals surface area contributed by atoms with Crippen LogP contribution >= 0.6 is 0 Å². The van der Waals surface area contributed by atoms with Gasteiger partial charge in [0.25, 0.3) is 6.43 Å². The Kier molecular flexibility index (Phi) is 5.76. The molecular formula is C22H22F3N3O2. The lowest BCUT2D eigenvalue weighted by molar-refractivity contribution is 0.0355. The van der Waals surface area contributed by atoms with Crippen molar-refractivity contribution in [3.05, 3.63) is 53.5 Å². The summed E-state index contributed by atoms with van der Waals surface area (Å²) in [6.07, 6.45) is -0.958. The van der Waals surface area contributed by atoms with Gasteiger partial charge < -0.3 is 14.0 Å². The number of hydrogen-bond donors (Lipinski definition) is 0. The van der Waals surface area contributed by atoms with E-state index in [0.29, 0.717) is 24.4 Å². The average molecular weight is 417 g/mol. The van der Waals surface area contributed by atoms with Crippen molar-refractivity contribution in [2.75, 3.05) is 20.4 Å². The zero-order chi connectivity index (χ0) is 21.3. The number of nitrogens with zero attached hydrogens (tertiary/aromatic N) is 3. The Balaban J connectivity index is 1.90. The first-order chi connectivity index (χ1) is 14.5. The quantitative estimate of drug-likeness (QED) is 0.600. The van der Waals surface area contributed by atoms with E-state index >= 15 is 0 Å². The number of ether oxygens (including phenoxy) is 2. The summed E-state index contributed by atoms with van der Waals surface area (Å²) in [6, 6.07) is 8.30. The van der Waals surface area contributed by atoms with Crippen LogP contribution in [0.15, 0.2) is 36.5 Å². The van der Waals surface area contributed by atoms with Gasteiger partial charge in [-0.25, -0.2) is 18.2 Å². The van der Waals surface area contributed by atoms with Crippen LogP contribution in [0, 0.1) is 6.92 Å². The van der Waals surface area contributed by atoms with Crippen molar-refractivity contribution in [1.82, 2.24) is 14.5 Å². The highest BCUT2D eigenvalue weighted by Gasteiger charge is 2.26. The standard InChI is InChI=1S/C22H22F3N3O2/c1-13-9-14(5-7-26-13)20-18-6-8-30-16(11-23)12-28(18)22(27-20)15-3-4-17(21(24)25)19(10-15)29-2/h3-5,7,9-10,16,21H,6,8,11-12H2,1-2H3/t16-/m1/s1. The third-order valence-electron chi connectivity index (χ3n) is 5.22. The molecule has 158 valence electrons. The summed E-state index contributed by atoms with van der Waals surface area (Å²) in [5.74, 6) is 0.658. The van der Waals surface area contributed by atoms with Crippen molar-refractivity contribution < 1.29 is 22.6 Å². The van der Waals surface area contributed by atoms with Gasteiger partial charge in [0.15, 0.2) is 0 Å². The van der Waals surface area contributed by atoms with E-state index in [-0.39, 0.29) is 17.9 Å². The molecule has 0 radical (unpaired) electrons. The first-order valence-electron chi connectivity index (χ1n) is 9.68. The highest BCUT2D eigenvalue weighted by Crippen LogP contribution is 2.36. The predicted molar refractivity (Wildman–Crippen MR) is 107 cm³/mol. The number of aromatic nitrogens is 3. The van der Waals surface area contributed by atoms with E-state index in [1.165, 1.54) is 13.2 Å². The fourth-order valence-corrected chi connectivity index (χ4v) is 3.78. The third kappa shape index (κ3) is 3.79. The maximum absolute atomic E-state index is 13.5. The summed E-state index contributed by atoms with van der Waals surface area (Å²) in [7, 11) is 1.36. The SMILES string of the molecule is COc1cc(-c2nc(-c3ccnc(C)c3)c3n2C[C@@H](CF)OCC3)ccc1C(F)F. The highest BCUT2D eigenvalue weighted by molar-refractivity contribution is 5.69. The van der Waals surface area contributed by atoms with Crippen molar-refractivity contribution in [2.24, 2.45) is 0 Å². The van der Waals surface area contributed by atoms with E-state index in [4.69, 9.17) is 14.5 Å². The molecule has 1 aliphatic rings. The highest BCUT2D eigenvalue weighted by atomic mass is 19.3. The van der Waals surface area contributed by atoms with E-state index in [1.807, 2.05) is 23.6 Å². The fraction of sp³-hybridized carbons (Fsp3) is 0.364. The van der Waals surface area contributed by atoms with E-state index in [0.717, 1.165) is 22.6 Å². The lowest BCUT2D eigenvalue weighted by Crippen LogP contribution is -2.21. The molecule has 1 aliphatic heterocycles. The molecule has 0 saturated carbocycles. The second kappa shape index (κ2) is 8.47. The Bertz CT molecular complexity index is 1050. The summed E-state index contributed by atoms with van der Waals surface area (Å²) >= 11 is 0. The minimum Gasteiger partial charge on any atom is -0.496 e. The molecule has 0 amide bonds. The van der Waals surface area contributed by atoms with Crippen molar-refractivity contribution in [3.8, 4) is 28.4 Å². The van der Waals surface area contributed by atoms with Gasteiger partial charge in [-0.3, -0.25) is 4.98 Å². The van der Waals surface area contributed by atoms with Crippen LogP contribution in [-0.2, 0) is 17.7 Å². The van der Waals surface area contributed by atoms with Crippen LogP contribution in [0.25, 0.3) is 22.6 Å². The smallest absolute Gasteiger partial charge is 0.267 e. The maximum Gasteiger partial charge on any atom is 0.267 e. The second-order valence-electron chi connectivity index (χ2n) is 7.18. The summed E-state index contributed by atoms with van der Waals surface area (Å²) in [6.45, 7) is 1.95. The van der Waals surface area contributed by atoms with Crippen LogP contribution in [0.2, 0.25) is 0 Å². The van der Waals surface area contributed by atoms with E-state index in [9.17, 15) is 13.2 Å². The molecule has 30 heavy (non-hydrogen) atoms. The topological polar surface area (TPSA) is 49.2 Å². The normalized spacial score (nSPS) is 16.4. The minimum absolute atomic E-state index is 0.0908. The monoisotopic (exact) mass is 417 g/mol. The lowest BCUT2D eigenvalue weighted by Gasteiger charge is -2.15. The molecule has 2 aromatic heterocycles. The number of pyridine rings is 1. The van der Waals surface area contributed by atoms with Crippen molar-refractivity contribution in [3.63, 3.8) is 0 Å². The number of benzene rings is 1. The molecule has 0 spiro atoms. The van der Waals surface area contributed by atoms with E-state index < -0.39 is 19.2 Å². The molecule has 4 rings (SSSR count). The number of halogens is 3. The van der Waals surface area contributed by atoms with Crippen LogP contribution < -0.4 is 4.74 Å². The molecule has 0 unspecified atom stereocenters. The molecule has 1 aromatic carbocycles. The number of methoxy groups -OCH3 is 1. The molecular weight excluding hydrogens is 395 g/mol. The number of hydrogen-bond acceptors (Lipinski definition) is 4. The maximum atomic E-state index is 13.5. The van der Waals surface area contributed by atoms with Crippen LogP contribution in [0.5, 0.6) is 5.75 Å². The van der Waals surface area contributed by atoms with Crippen LogP contribution in [0.1, 0.15) is 23.4 Å². The molecule has 0 saturated heterocycles. The molecule has 0 N–H and O–H groups in total. The predicted octanol–water partition coefficient (Wildman–Crippen LogP) is 4.78. The number of alkyl halides is 3. The van der Waals surface area contributed by atoms with Gasteiger partial charge in [0.1, 0.15) is 24.4 Å². The molecule has 0 fully saturated rings. The van der Waals surface area contributed by atoms with Crippen molar-refractivity contribution in [1.29, 1.82) is 0 Å². The van der Waals surface area contributed by atoms with Crippen LogP contribution in [-0.4, -0.2) is 41.0 Å². The van der Waals surface area contributed by atoms with Gasteiger partial charge in [-0.2, -0.15) is 0 Å². The first kappa shape index (κ1) is 20.4. The Morgan fingerprint density at radius 1 is 1.23 bits per heavy atom.